The van der Waals surface area contributed by atoms with Crippen molar-refractivity contribution in [1.82, 2.24) is 0 Å². The maximum absolute atomic E-state index is 12.6. The van der Waals surface area contributed by atoms with Crippen molar-refractivity contribution in [3.8, 4) is 6.07 Å². The lowest BCUT2D eigenvalue weighted by Gasteiger charge is -2.45. The highest BCUT2D eigenvalue weighted by atomic mass is 16.3. The van der Waals surface area contributed by atoms with E-state index in [1.54, 1.807) is 13.1 Å². The normalized spacial score (nSPS) is 32.5. The van der Waals surface area contributed by atoms with E-state index in [1.807, 2.05) is 30.3 Å². The Kier molecular flexibility index (Phi) is 2.48. The lowest BCUT2D eigenvalue weighted by molar-refractivity contribution is -0.131. The van der Waals surface area contributed by atoms with Crippen molar-refractivity contribution in [3.05, 3.63) is 42.0 Å². The summed E-state index contributed by atoms with van der Waals surface area (Å²) in [6.45, 7) is 0. The van der Waals surface area contributed by atoms with Crippen molar-refractivity contribution in [3.63, 3.8) is 0 Å². The largest absolute Gasteiger partial charge is 0.387 e. The summed E-state index contributed by atoms with van der Waals surface area (Å²) in [5, 5.41) is 19.8. The Hall–Kier alpha value is -2.12. The molecule has 0 saturated heterocycles. The van der Waals surface area contributed by atoms with Gasteiger partial charge in [-0.1, -0.05) is 30.4 Å². The van der Waals surface area contributed by atoms with E-state index in [0.717, 1.165) is 11.3 Å². The number of allylic oxidation sites excluding steroid dienone is 1. The quantitative estimate of drug-likeness (QED) is 0.715. The van der Waals surface area contributed by atoms with Gasteiger partial charge in [0.2, 0.25) is 0 Å². The van der Waals surface area contributed by atoms with Crippen molar-refractivity contribution in [1.29, 1.82) is 5.26 Å². The van der Waals surface area contributed by atoms with Gasteiger partial charge in [-0.05, 0) is 18.1 Å². The van der Waals surface area contributed by atoms with Crippen LogP contribution in [-0.4, -0.2) is 24.2 Å². The number of hydrogen-bond donors (Lipinski definition) is 1. The highest BCUT2D eigenvalue weighted by molar-refractivity contribution is 6.03. The molecule has 0 aromatic heterocycles. The molecule has 0 bridgehead atoms. The Morgan fingerprint density at radius 3 is 2.95 bits per heavy atom. The Bertz CT molecular complexity index is 617. The van der Waals surface area contributed by atoms with Crippen molar-refractivity contribution < 1.29 is 9.90 Å². The SMILES string of the molecule is CN1C(=O)[C@@]2(C#N)[C@@H](O)C=CC[C@H]2c2ccccc21. The summed E-state index contributed by atoms with van der Waals surface area (Å²) in [5.74, 6) is -0.604. The second-order valence-electron chi connectivity index (χ2n) is 5.07. The molecule has 1 aromatic carbocycles. The van der Waals surface area contributed by atoms with Gasteiger partial charge in [-0.2, -0.15) is 5.26 Å². The lowest BCUT2D eigenvalue weighted by atomic mass is 9.62. The second kappa shape index (κ2) is 3.94. The molecule has 3 rings (SSSR count). The van der Waals surface area contributed by atoms with E-state index in [-0.39, 0.29) is 11.8 Å². The molecule has 4 heteroatoms. The monoisotopic (exact) mass is 254 g/mol. The number of hydrogen-bond acceptors (Lipinski definition) is 3. The maximum Gasteiger partial charge on any atom is 0.250 e. The highest BCUT2D eigenvalue weighted by Gasteiger charge is 2.57. The van der Waals surface area contributed by atoms with Crippen LogP contribution in [0, 0.1) is 16.7 Å². The van der Waals surface area contributed by atoms with Crippen molar-refractivity contribution in [2.24, 2.45) is 5.41 Å². The molecular formula is C15H14N2O2. The van der Waals surface area contributed by atoms with Crippen molar-refractivity contribution in [2.75, 3.05) is 11.9 Å². The number of fused-ring (bicyclic) bond motifs is 3. The maximum atomic E-state index is 12.6. The van der Waals surface area contributed by atoms with Crippen LogP contribution in [0.1, 0.15) is 17.9 Å². The summed E-state index contributed by atoms with van der Waals surface area (Å²) in [5.41, 5.74) is 0.387. The van der Waals surface area contributed by atoms with Gasteiger partial charge >= 0.3 is 0 Å². The van der Waals surface area contributed by atoms with Crippen LogP contribution in [0.5, 0.6) is 0 Å². The minimum atomic E-state index is -1.39. The molecule has 4 nitrogen and oxygen atoms in total. The van der Waals surface area contributed by atoms with Gasteiger partial charge in [-0.3, -0.25) is 4.79 Å². The fraction of sp³-hybridized carbons (Fsp3) is 0.333. The molecule has 0 fully saturated rings. The van der Waals surface area contributed by atoms with Gasteiger partial charge in [0.15, 0.2) is 5.41 Å². The van der Waals surface area contributed by atoms with Crippen LogP contribution < -0.4 is 4.90 Å². The topological polar surface area (TPSA) is 64.3 Å². The van der Waals surface area contributed by atoms with Gasteiger partial charge in [-0.25, -0.2) is 0 Å². The Balaban J connectivity index is 2.29. The summed E-state index contributed by atoms with van der Waals surface area (Å²) in [4.78, 5) is 14.1. The number of nitrogens with zero attached hydrogens (tertiary/aromatic N) is 2. The summed E-state index contributed by atoms with van der Waals surface area (Å²) >= 11 is 0. The molecule has 96 valence electrons. The summed E-state index contributed by atoms with van der Waals surface area (Å²) in [6, 6.07) is 9.67. The number of nitriles is 1. The third-order valence-corrected chi connectivity index (χ3v) is 4.22. The fourth-order valence-corrected chi connectivity index (χ4v) is 3.20. The summed E-state index contributed by atoms with van der Waals surface area (Å²) in [7, 11) is 1.65. The second-order valence-corrected chi connectivity index (χ2v) is 5.07. The van der Waals surface area contributed by atoms with Crippen LogP contribution in [0.4, 0.5) is 5.69 Å². The Labute approximate surface area is 111 Å². The standard InChI is InChI=1S/C15H14N2O2/c1-17-12-7-3-2-5-10(12)11-6-4-8-13(18)15(11,9-16)14(17)19/h2-5,7-8,11,13,18H,6H2,1H3/t11-,13-,15+/m0/s1. The minimum Gasteiger partial charge on any atom is -0.387 e. The zero-order valence-corrected chi connectivity index (χ0v) is 10.6. The highest BCUT2D eigenvalue weighted by Crippen LogP contribution is 2.51. The Morgan fingerprint density at radius 2 is 2.21 bits per heavy atom. The third-order valence-electron chi connectivity index (χ3n) is 4.22. The molecule has 0 saturated carbocycles. The van der Waals surface area contributed by atoms with E-state index in [0.29, 0.717) is 6.42 Å². The average molecular weight is 254 g/mol. The smallest absolute Gasteiger partial charge is 0.250 e. The number of para-hydroxylation sites is 1. The van der Waals surface area contributed by atoms with Crippen LogP contribution in [0.2, 0.25) is 0 Å². The molecule has 0 unspecified atom stereocenters. The van der Waals surface area contributed by atoms with Gasteiger partial charge in [-0.15, -0.1) is 0 Å². The van der Waals surface area contributed by atoms with Gasteiger partial charge in [0.1, 0.15) is 6.10 Å². The molecule has 0 radical (unpaired) electrons. The van der Waals surface area contributed by atoms with Gasteiger partial charge in [0.05, 0.1) is 6.07 Å². The molecule has 0 spiro atoms. The number of aliphatic hydroxyl groups excluding tert-OH is 1. The van der Waals surface area contributed by atoms with Crippen molar-refractivity contribution in [2.45, 2.75) is 18.4 Å². The number of benzene rings is 1. The summed E-state index contributed by atoms with van der Waals surface area (Å²) in [6.07, 6.45) is 2.94. The predicted octanol–water partition coefficient (Wildman–Crippen LogP) is 1.58. The number of anilines is 1. The van der Waals surface area contributed by atoms with Crippen LogP contribution in [0.3, 0.4) is 0 Å². The molecule has 3 atom stereocenters. The lowest BCUT2D eigenvalue weighted by Crippen LogP contribution is -2.55. The third kappa shape index (κ3) is 1.33. The zero-order valence-electron chi connectivity index (χ0n) is 10.6. The molecule has 1 heterocycles. The zero-order chi connectivity index (χ0) is 13.6. The predicted molar refractivity (Wildman–Crippen MR) is 70.4 cm³/mol. The van der Waals surface area contributed by atoms with Gasteiger partial charge in [0, 0.05) is 18.7 Å². The number of amides is 1. The van der Waals surface area contributed by atoms with E-state index >= 15 is 0 Å². The van der Waals surface area contributed by atoms with Crippen molar-refractivity contribution >= 4 is 11.6 Å². The van der Waals surface area contributed by atoms with Crippen LogP contribution in [0.25, 0.3) is 0 Å². The van der Waals surface area contributed by atoms with Crippen LogP contribution >= 0.6 is 0 Å². The molecule has 19 heavy (non-hydrogen) atoms. The number of carbonyl (C=O) groups is 1. The average Bonchev–Trinajstić information content (AvgIpc) is 2.45. The van der Waals surface area contributed by atoms with Crippen LogP contribution in [-0.2, 0) is 4.79 Å². The first-order chi connectivity index (χ1) is 9.13. The molecule has 1 aliphatic heterocycles. The first-order valence-corrected chi connectivity index (χ1v) is 6.26. The fourth-order valence-electron chi connectivity index (χ4n) is 3.20. The number of carbonyl (C=O) groups excluding carboxylic acids is 1. The first kappa shape index (κ1) is 11.9. The minimum absolute atomic E-state index is 0.280. The van der Waals surface area contributed by atoms with E-state index < -0.39 is 11.5 Å². The van der Waals surface area contributed by atoms with Crippen LogP contribution in [0.15, 0.2) is 36.4 Å². The van der Waals surface area contributed by atoms with E-state index in [4.69, 9.17) is 0 Å². The molecule has 1 aromatic rings. The van der Waals surface area contributed by atoms with E-state index in [1.165, 1.54) is 4.90 Å². The van der Waals surface area contributed by atoms with Gasteiger partial charge in [0.25, 0.3) is 5.91 Å². The first-order valence-electron chi connectivity index (χ1n) is 6.26. The molecular weight excluding hydrogens is 240 g/mol. The number of aliphatic hydroxyl groups is 1. The van der Waals surface area contributed by atoms with E-state index in [9.17, 15) is 15.2 Å². The summed E-state index contributed by atoms with van der Waals surface area (Å²) < 4.78 is 0. The molecule has 1 amide bonds. The molecule has 2 aliphatic rings. The number of rotatable bonds is 0. The van der Waals surface area contributed by atoms with Gasteiger partial charge < -0.3 is 10.0 Å². The van der Waals surface area contributed by atoms with E-state index in [2.05, 4.69) is 6.07 Å². The molecule has 1 aliphatic carbocycles. The Morgan fingerprint density at radius 1 is 1.47 bits per heavy atom. The molecule has 1 N–H and O–H groups in total.